The summed E-state index contributed by atoms with van der Waals surface area (Å²) in [4.78, 5) is 16.7. The second kappa shape index (κ2) is 8.74. The minimum Gasteiger partial charge on any atom is -0.354 e. The van der Waals surface area contributed by atoms with Crippen LogP contribution in [0, 0.1) is 11.7 Å². The molecule has 0 aliphatic carbocycles. The molecule has 1 aliphatic rings. The second-order valence-electron chi connectivity index (χ2n) is 7.41. The van der Waals surface area contributed by atoms with Crippen LogP contribution in [0.25, 0.3) is 17.0 Å². The number of rotatable bonds is 8. The van der Waals surface area contributed by atoms with Gasteiger partial charge >= 0.3 is 0 Å². The quantitative estimate of drug-likeness (QED) is 0.609. The largest absolute Gasteiger partial charge is 0.354 e. The van der Waals surface area contributed by atoms with Crippen molar-refractivity contribution in [3.8, 4) is 11.4 Å². The van der Waals surface area contributed by atoms with Gasteiger partial charge in [-0.1, -0.05) is 13.8 Å². The Morgan fingerprint density at radius 2 is 1.87 bits per heavy atom. The lowest BCUT2D eigenvalue weighted by Crippen LogP contribution is -2.54. The maximum absolute atomic E-state index is 13.2. The summed E-state index contributed by atoms with van der Waals surface area (Å²) < 4.78 is 14.9. The standard InChI is InChI=1S/C21H26FN7O/c1-3-27(4-2)12-11-23-21(30)16-13-28(14-16)19-10-9-18-24-25-20(29(18)26-19)15-5-7-17(22)8-6-15/h5-10,16H,3-4,11-14H2,1-2H3,(H,23,30). The van der Waals surface area contributed by atoms with Crippen LogP contribution in [0.15, 0.2) is 36.4 Å². The van der Waals surface area contributed by atoms with Crippen molar-refractivity contribution in [1.29, 1.82) is 0 Å². The molecule has 2 aromatic heterocycles. The Morgan fingerprint density at radius 3 is 2.57 bits per heavy atom. The highest BCUT2D eigenvalue weighted by Gasteiger charge is 2.33. The lowest BCUT2D eigenvalue weighted by atomic mass is 9.99. The molecule has 3 aromatic rings. The first kappa shape index (κ1) is 20.2. The van der Waals surface area contributed by atoms with Gasteiger partial charge in [0.15, 0.2) is 11.5 Å². The third-order valence-corrected chi connectivity index (χ3v) is 5.55. The van der Waals surface area contributed by atoms with Crippen LogP contribution < -0.4 is 10.2 Å². The smallest absolute Gasteiger partial charge is 0.226 e. The molecule has 1 N–H and O–H groups in total. The number of benzene rings is 1. The van der Waals surface area contributed by atoms with Crippen LogP contribution in [0.3, 0.4) is 0 Å². The fourth-order valence-corrected chi connectivity index (χ4v) is 3.58. The molecule has 8 nitrogen and oxygen atoms in total. The molecule has 30 heavy (non-hydrogen) atoms. The number of hydrogen-bond donors (Lipinski definition) is 1. The van der Waals surface area contributed by atoms with Gasteiger partial charge in [0.05, 0.1) is 5.92 Å². The molecule has 1 amide bonds. The molecular weight excluding hydrogens is 385 g/mol. The fourth-order valence-electron chi connectivity index (χ4n) is 3.58. The Labute approximate surface area is 174 Å². The topological polar surface area (TPSA) is 78.7 Å². The highest BCUT2D eigenvalue weighted by molar-refractivity contribution is 5.81. The number of carbonyl (C=O) groups excluding carboxylic acids is 1. The van der Waals surface area contributed by atoms with E-state index in [1.165, 1.54) is 12.1 Å². The molecule has 0 atom stereocenters. The van der Waals surface area contributed by atoms with Crippen LogP contribution in [0.2, 0.25) is 0 Å². The van der Waals surface area contributed by atoms with E-state index in [-0.39, 0.29) is 17.6 Å². The van der Waals surface area contributed by atoms with E-state index in [0.717, 1.165) is 31.0 Å². The Hall–Kier alpha value is -3.07. The predicted octanol–water partition coefficient (Wildman–Crippen LogP) is 1.82. The summed E-state index contributed by atoms with van der Waals surface area (Å²) in [6.07, 6.45) is 0. The first-order chi connectivity index (χ1) is 14.6. The highest BCUT2D eigenvalue weighted by atomic mass is 19.1. The van der Waals surface area contributed by atoms with Crippen molar-refractivity contribution < 1.29 is 9.18 Å². The number of fused-ring (bicyclic) bond motifs is 1. The van der Waals surface area contributed by atoms with Crippen molar-refractivity contribution in [1.82, 2.24) is 30.0 Å². The molecule has 1 aromatic carbocycles. The van der Waals surface area contributed by atoms with Gasteiger partial charge in [-0.05, 0) is 49.5 Å². The van der Waals surface area contributed by atoms with Crippen LogP contribution in [0.4, 0.5) is 10.2 Å². The molecule has 1 fully saturated rings. The predicted molar refractivity (Wildman–Crippen MR) is 113 cm³/mol. The lowest BCUT2D eigenvalue weighted by Gasteiger charge is -2.39. The molecule has 0 spiro atoms. The molecule has 0 bridgehead atoms. The van der Waals surface area contributed by atoms with Gasteiger partial charge in [-0.15, -0.1) is 15.3 Å². The second-order valence-corrected chi connectivity index (χ2v) is 7.41. The molecule has 9 heteroatoms. The van der Waals surface area contributed by atoms with Gasteiger partial charge in [0.2, 0.25) is 5.91 Å². The number of aromatic nitrogens is 4. The van der Waals surface area contributed by atoms with E-state index in [2.05, 4.69) is 44.3 Å². The molecule has 0 saturated carbocycles. The molecular formula is C21H26FN7O. The lowest BCUT2D eigenvalue weighted by molar-refractivity contribution is -0.125. The van der Waals surface area contributed by atoms with Crippen molar-refractivity contribution in [2.75, 3.05) is 44.2 Å². The number of likely N-dealkylation sites (N-methyl/N-ethyl adjacent to an activating group) is 1. The number of anilines is 1. The van der Waals surface area contributed by atoms with E-state index >= 15 is 0 Å². The Balaban J connectivity index is 1.39. The molecule has 4 rings (SSSR count). The van der Waals surface area contributed by atoms with Gasteiger partial charge in [-0.2, -0.15) is 4.52 Å². The average Bonchev–Trinajstić information content (AvgIpc) is 3.14. The first-order valence-electron chi connectivity index (χ1n) is 10.3. The third-order valence-electron chi connectivity index (χ3n) is 5.55. The third kappa shape index (κ3) is 4.11. The van der Waals surface area contributed by atoms with E-state index in [9.17, 15) is 9.18 Å². The van der Waals surface area contributed by atoms with E-state index < -0.39 is 0 Å². The van der Waals surface area contributed by atoms with Crippen LogP contribution in [-0.2, 0) is 4.79 Å². The van der Waals surface area contributed by atoms with Gasteiger partial charge in [0.1, 0.15) is 11.6 Å². The summed E-state index contributed by atoms with van der Waals surface area (Å²) in [5.74, 6) is 1.08. The number of hydrogen-bond acceptors (Lipinski definition) is 6. The number of halogens is 1. The Bertz CT molecular complexity index is 1010. The monoisotopic (exact) mass is 411 g/mol. The van der Waals surface area contributed by atoms with Gasteiger partial charge in [-0.3, -0.25) is 4.79 Å². The maximum atomic E-state index is 13.2. The number of nitrogens with zero attached hydrogens (tertiary/aromatic N) is 6. The van der Waals surface area contributed by atoms with Crippen LogP contribution in [0.5, 0.6) is 0 Å². The van der Waals surface area contributed by atoms with E-state index in [0.29, 0.717) is 31.1 Å². The average molecular weight is 411 g/mol. The van der Waals surface area contributed by atoms with Crippen molar-refractivity contribution in [3.63, 3.8) is 0 Å². The number of amides is 1. The van der Waals surface area contributed by atoms with Crippen molar-refractivity contribution in [2.45, 2.75) is 13.8 Å². The zero-order chi connectivity index (χ0) is 21.1. The summed E-state index contributed by atoms with van der Waals surface area (Å²) in [6.45, 7) is 9.01. The zero-order valence-corrected chi connectivity index (χ0v) is 17.3. The molecule has 0 radical (unpaired) electrons. The maximum Gasteiger partial charge on any atom is 0.226 e. The van der Waals surface area contributed by atoms with Gasteiger partial charge in [0.25, 0.3) is 0 Å². The first-order valence-corrected chi connectivity index (χ1v) is 10.3. The van der Waals surface area contributed by atoms with Crippen molar-refractivity contribution >= 4 is 17.4 Å². The van der Waals surface area contributed by atoms with Gasteiger partial charge < -0.3 is 15.1 Å². The molecule has 1 saturated heterocycles. The Kier molecular flexibility index (Phi) is 5.89. The SMILES string of the molecule is CCN(CC)CCNC(=O)C1CN(c2ccc3nnc(-c4ccc(F)cc4)n3n2)C1. The molecule has 0 unspecified atom stereocenters. The zero-order valence-electron chi connectivity index (χ0n) is 17.3. The van der Waals surface area contributed by atoms with E-state index in [1.54, 1.807) is 16.6 Å². The summed E-state index contributed by atoms with van der Waals surface area (Å²) in [5.41, 5.74) is 1.35. The molecule has 158 valence electrons. The minimum atomic E-state index is -0.303. The van der Waals surface area contributed by atoms with E-state index in [4.69, 9.17) is 0 Å². The molecule has 1 aliphatic heterocycles. The van der Waals surface area contributed by atoms with Crippen molar-refractivity contribution in [2.24, 2.45) is 5.92 Å². The summed E-state index contributed by atoms with van der Waals surface area (Å²) >= 11 is 0. The Morgan fingerprint density at radius 1 is 1.13 bits per heavy atom. The normalized spacial score (nSPS) is 14.3. The number of carbonyl (C=O) groups is 1. The van der Waals surface area contributed by atoms with Gasteiger partial charge in [-0.25, -0.2) is 4.39 Å². The van der Waals surface area contributed by atoms with Crippen LogP contribution in [0.1, 0.15) is 13.8 Å². The van der Waals surface area contributed by atoms with E-state index in [1.807, 2.05) is 12.1 Å². The summed E-state index contributed by atoms with van der Waals surface area (Å²) in [6, 6.07) is 9.82. The van der Waals surface area contributed by atoms with Crippen molar-refractivity contribution in [3.05, 3.63) is 42.2 Å². The highest BCUT2D eigenvalue weighted by Crippen LogP contribution is 2.25. The van der Waals surface area contributed by atoms with Crippen LogP contribution >= 0.6 is 0 Å². The summed E-state index contributed by atoms with van der Waals surface area (Å²) in [5, 5.41) is 16.0. The van der Waals surface area contributed by atoms with Crippen LogP contribution in [-0.4, -0.2) is 69.9 Å². The minimum absolute atomic E-state index is 0.0309. The fraction of sp³-hybridized carbons (Fsp3) is 0.429. The number of nitrogens with one attached hydrogen (secondary N) is 1. The summed E-state index contributed by atoms with van der Waals surface area (Å²) in [7, 11) is 0. The molecule has 3 heterocycles. The van der Waals surface area contributed by atoms with Gasteiger partial charge in [0, 0.05) is 31.7 Å².